The highest BCUT2D eigenvalue weighted by Gasteiger charge is 2.25. The van der Waals surface area contributed by atoms with Crippen molar-refractivity contribution in [3.8, 4) is 0 Å². The van der Waals surface area contributed by atoms with Crippen LogP contribution in [0.15, 0.2) is 48.5 Å². The molecule has 2 aromatic rings. The SMILES string of the molecule is Cc1ccc(C(C)(C)c2ccccc2)c(Cl)c1. The van der Waals surface area contributed by atoms with Gasteiger partial charge in [-0.1, -0.05) is 67.9 Å². The quantitative estimate of drug-likeness (QED) is 0.699. The third-order valence-corrected chi connectivity index (χ3v) is 3.61. The van der Waals surface area contributed by atoms with Crippen LogP contribution in [0.2, 0.25) is 5.02 Å². The Bertz CT molecular complexity index is 512. The minimum absolute atomic E-state index is 0.0634. The van der Waals surface area contributed by atoms with E-state index in [1.165, 1.54) is 16.7 Å². The molecule has 0 saturated carbocycles. The highest BCUT2D eigenvalue weighted by Crippen LogP contribution is 2.35. The van der Waals surface area contributed by atoms with E-state index >= 15 is 0 Å². The Morgan fingerprint density at radius 2 is 1.59 bits per heavy atom. The molecule has 0 N–H and O–H groups in total. The number of rotatable bonds is 2. The summed E-state index contributed by atoms with van der Waals surface area (Å²) >= 11 is 6.36. The lowest BCUT2D eigenvalue weighted by Gasteiger charge is -2.27. The Hall–Kier alpha value is -1.27. The molecule has 0 unspecified atom stereocenters. The summed E-state index contributed by atoms with van der Waals surface area (Å²) in [4.78, 5) is 0. The lowest BCUT2D eigenvalue weighted by Crippen LogP contribution is -2.19. The van der Waals surface area contributed by atoms with Gasteiger partial charge < -0.3 is 0 Å². The maximum Gasteiger partial charge on any atom is 0.0449 e. The first kappa shape index (κ1) is 12.2. The third-order valence-electron chi connectivity index (χ3n) is 3.29. The maximum absolute atomic E-state index is 6.36. The van der Waals surface area contributed by atoms with Crippen molar-refractivity contribution in [1.29, 1.82) is 0 Å². The number of hydrogen-bond donors (Lipinski definition) is 0. The minimum Gasteiger partial charge on any atom is -0.0840 e. The van der Waals surface area contributed by atoms with E-state index < -0.39 is 0 Å². The Balaban J connectivity index is 2.52. The van der Waals surface area contributed by atoms with Gasteiger partial charge in [0.1, 0.15) is 0 Å². The van der Waals surface area contributed by atoms with Gasteiger partial charge in [-0.2, -0.15) is 0 Å². The molecule has 0 aliphatic heterocycles. The van der Waals surface area contributed by atoms with Gasteiger partial charge in [0.25, 0.3) is 0 Å². The lowest BCUT2D eigenvalue weighted by molar-refractivity contribution is 0.641. The number of halogens is 1. The zero-order valence-electron chi connectivity index (χ0n) is 10.5. The topological polar surface area (TPSA) is 0 Å². The Morgan fingerprint density at radius 1 is 0.941 bits per heavy atom. The van der Waals surface area contributed by atoms with Crippen LogP contribution in [-0.2, 0) is 5.41 Å². The normalized spacial score (nSPS) is 11.5. The van der Waals surface area contributed by atoms with Crippen LogP contribution in [0.1, 0.15) is 30.5 Å². The fraction of sp³-hybridized carbons (Fsp3) is 0.250. The molecule has 0 saturated heterocycles. The second-order valence-electron chi connectivity index (χ2n) is 4.97. The van der Waals surface area contributed by atoms with Crippen molar-refractivity contribution in [3.63, 3.8) is 0 Å². The minimum atomic E-state index is -0.0634. The first-order chi connectivity index (χ1) is 8.01. The van der Waals surface area contributed by atoms with Gasteiger partial charge in [-0.05, 0) is 29.7 Å². The Morgan fingerprint density at radius 3 is 2.18 bits per heavy atom. The van der Waals surface area contributed by atoms with Gasteiger partial charge in [0, 0.05) is 10.4 Å². The van der Waals surface area contributed by atoms with Crippen LogP contribution >= 0.6 is 11.6 Å². The molecule has 0 spiro atoms. The molecular weight excluding hydrogens is 228 g/mol. The molecule has 0 nitrogen and oxygen atoms in total. The zero-order chi connectivity index (χ0) is 12.5. The zero-order valence-corrected chi connectivity index (χ0v) is 11.3. The molecular formula is C16H17Cl. The van der Waals surface area contributed by atoms with Crippen LogP contribution in [0.3, 0.4) is 0 Å². The van der Waals surface area contributed by atoms with Crippen molar-refractivity contribution in [3.05, 3.63) is 70.2 Å². The molecule has 0 atom stereocenters. The van der Waals surface area contributed by atoms with E-state index in [2.05, 4.69) is 57.2 Å². The molecule has 2 rings (SSSR count). The summed E-state index contributed by atoms with van der Waals surface area (Å²) in [6.07, 6.45) is 0. The Kier molecular flexibility index (Phi) is 3.26. The molecule has 0 amide bonds. The van der Waals surface area contributed by atoms with E-state index in [1.54, 1.807) is 0 Å². The van der Waals surface area contributed by atoms with Crippen LogP contribution in [0.4, 0.5) is 0 Å². The molecule has 0 heterocycles. The highest BCUT2D eigenvalue weighted by atomic mass is 35.5. The third kappa shape index (κ3) is 2.37. The fourth-order valence-electron chi connectivity index (χ4n) is 2.14. The van der Waals surface area contributed by atoms with E-state index in [0.29, 0.717) is 0 Å². The van der Waals surface area contributed by atoms with Crippen LogP contribution < -0.4 is 0 Å². The predicted octanol–water partition coefficient (Wildman–Crippen LogP) is 4.97. The summed E-state index contributed by atoms with van der Waals surface area (Å²) < 4.78 is 0. The molecule has 0 aromatic heterocycles. The van der Waals surface area contributed by atoms with Gasteiger partial charge in [0.05, 0.1) is 0 Å². The number of hydrogen-bond acceptors (Lipinski definition) is 0. The van der Waals surface area contributed by atoms with Gasteiger partial charge in [-0.15, -0.1) is 0 Å². The van der Waals surface area contributed by atoms with E-state index in [9.17, 15) is 0 Å². The Labute approximate surface area is 108 Å². The van der Waals surface area contributed by atoms with Gasteiger partial charge in [-0.25, -0.2) is 0 Å². The van der Waals surface area contributed by atoms with Crippen molar-refractivity contribution in [2.45, 2.75) is 26.2 Å². The van der Waals surface area contributed by atoms with Gasteiger partial charge in [0.2, 0.25) is 0 Å². The summed E-state index contributed by atoms with van der Waals surface area (Å²) in [5.41, 5.74) is 3.59. The summed E-state index contributed by atoms with van der Waals surface area (Å²) in [5, 5.41) is 0.846. The van der Waals surface area contributed by atoms with E-state index in [0.717, 1.165) is 5.02 Å². The second kappa shape index (κ2) is 4.54. The van der Waals surface area contributed by atoms with E-state index in [4.69, 9.17) is 11.6 Å². The smallest absolute Gasteiger partial charge is 0.0449 e. The molecule has 0 aliphatic carbocycles. The van der Waals surface area contributed by atoms with Crippen LogP contribution in [0, 0.1) is 6.92 Å². The summed E-state index contributed by atoms with van der Waals surface area (Å²) in [7, 11) is 0. The van der Waals surface area contributed by atoms with Crippen molar-refractivity contribution in [1.82, 2.24) is 0 Å². The average molecular weight is 245 g/mol. The molecule has 88 valence electrons. The van der Waals surface area contributed by atoms with Crippen molar-refractivity contribution >= 4 is 11.6 Å². The summed E-state index contributed by atoms with van der Waals surface area (Å²) in [6, 6.07) is 16.7. The van der Waals surface area contributed by atoms with Crippen LogP contribution in [-0.4, -0.2) is 0 Å². The second-order valence-corrected chi connectivity index (χ2v) is 5.38. The number of aryl methyl sites for hydroxylation is 1. The highest BCUT2D eigenvalue weighted by molar-refractivity contribution is 6.31. The maximum atomic E-state index is 6.36. The van der Waals surface area contributed by atoms with E-state index in [-0.39, 0.29) is 5.41 Å². The molecule has 1 heteroatoms. The van der Waals surface area contributed by atoms with E-state index in [1.807, 2.05) is 12.1 Å². The largest absolute Gasteiger partial charge is 0.0840 e. The van der Waals surface area contributed by atoms with Crippen LogP contribution in [0.5, 0.6) is 0 Å². The molecule has 0 aliphatic rings. The summed E-state index contributed by atoms with van der Waals surface area (Å²) in [6.45, 7) is 6.48. The number of benzene rings is 2. The van der Waals surface area contributed by atoms with Crippen molar-refractivity contribution < 1.29 is 0 Å². The molecule has 0 radical (unpaired) electrons. The van der Waals surface area contributed by atoms with Crippen molar-refractivity contribution in [2.75, 3.05) is 0 Å². The van der Waals surface area contributed by atoms with Gasteiger partial charge in [0.15, 0.2) is 0 Å². The molecule has 0 bridgehead atoms. The van der Waals surface area contributed by atoms with Crippen molar-refractivity contribution in [2.24, 2.45) is 0 Å². The fourth-order valence-corrected chi connectivity index (χ4v) is 2.61. The lowest BCUT2D eigenvalue weighted by atomic mass is 9.78. The molecule has 17 heavy (non-hydrogen) atoms. The monoisotopic (exact) mass is 244 g/mol. The molecule has 2 aromatic carbocycles. The van der Waals surface area contributed by atoms with Gasteiger partial charge in [-0.3, -0.25) is 0 Å². The van der Waals surface area contributed by atoms with Crippen LogP contribution in [0.25, 0.3) is 0 Å². The summed E-state index contributed by atoms with van der Waals surface area (Å²) in [5.74, 6) is 0. The standard InChI is InChI=1S/C16H17Cl/c1-12-9-10-14(15(17)11-12)16(2,3)13-7-5-4-6-8-13/h4-11H,1-3H3. The predicted molar refractivity (Wildman–Crippen MR) is 74.8 cm³/mol. The first-order valence-electron chi connectivity index (χ1n) is 5.84. The first-order valence-corrected chi connectivity index (χ1v) is 6.22. The molecule has 0 fully saturated rings. The van der Waals surface area contributed by atoms with Gasteiger partial charge >= 0.3 is 0 Å². The average Bonchev–Trinajstić information content (AvgIpc) is 2.29.